The molecule has 0 unspecified atom stereocenters. The summed E-state index contributed by atoms with van der Waals surface area (Å²) in [5.41, 5.74) is 1.51. The maximum atomic E-state index is 13.1. The molecule has 27 heavy (non-hydrogen) atoms. The summed E-state index contributed by atoms with van der Waals surface area (Å²) in [6, 6.07) is 15.0. The van der Waals surface area contributed by atoms with Gasteiger partial charge in [-0.3, -0.25) is 10.0 Å². The molecule has 2 aromatic carbocycles. The van der Waals surface area contributed by atoms with Crippen molar-refractivity contribution >= 4 is 15.7 Å². The molecule has 1 saturated heterocycles. The monoisotopic (exact) mass is 382 g/mol. The minimum atomic E-state index is -4.01. The van der Waals surface area contributed by atoms with E-state index in [9.17, 15) is 13.2 Å². The zero-order valence-corrected chi connectivity index (χ0v) is 15.8. The first-order valence-electron chi connectivity index (χ1n) is 8.15. The van der Waals surface area contributed by atoms with Crippen molar-refractivity contribution < 1.29 is 42.0 Å². The number of ether oxygens (including phenoxy) is 1. The molecule has 1 amide bonds. The van der Waals surface area contributed by atoms with Crippen LogP contribution in [0.1, 0.15) is 12.8 Å². The average Bonchev–Trinajstić information content (AvgIpc) is 2.69. The summed E-state index contributed by atoms with van der Waals surface area (Å²) in [5.74, 6) is 0.194. The fourth-order valence-electron chi connectivity index (χ4n) is 3.01. The number of hydrogen-bond acceptors (Lipinski definition) is 5. The second-order valence-electron chi connectivity index (χ2n) is 6.00. The van der Waals surface area contributed by atoms with Crippen LogP contribution < -0.4 is 29.1 Å². The van der Waals surface area contributed by atoms with Crippen molar-refractivity contribution in [1.29, 1.82) is 0 Å². The summed E-state index contributed by atoms with van der Waals surface area (Å²) in [5, 5.41) is 13.2. The van der Waals surface area contributed by atoms with Crippen molar-refractivity contribution in [2.45, 2.75) is 22.5 Å². The molecule has 1 fully saturated rings. The van der Waals surface area contributed by atoms with Gasteiger partial charge in [0.2, 0.25) is 0 Å². The Morgan fingerprint density at radius 1 is 1.00 bits per heavy atom. The van der Waals surface area contributed by atoms with E-state index in [0.29, 0.717) is 11.5 Å². The van der Waals surface area contributed by atoms with Crippen molar-refractivity contribution in [3.63, 3.8) is 0 Å². The number of hydroxylamine groups is 1. The predicted molar refractivity (Wildman–Crippen MR) is 95.1 cm³/mol. The minimum Gasteiger partial charge on any atom is -0.662 e. The molecule has 0 aliphatic carbocycles. The molecule has 1 heterocycles. The molecule has 0 saturated carbocycles. The molecule has 9 heteroatoms. The summed E-state index contributed by atoms with van der Waals surface area (Å²) in [6.07, 6.45) is 0.0635. The maximum absolute atomic E-state index is 13.1. The normalized spacial score (nSPS) is 16.0. The van der Waals surface area contributed by atoms with Crippen LogP contribution in [0.4, 0.5) is 0 Å². The van der Waals surface area contributed by atoms with Crippen LogP contribution in [-0.4, -0.2) is 37.4 Å². The molecule has 0 atom stereocenters. The second-order valence-corrected chi connectivity index (χ2v) is 8.26. The molecule has 0 bridgehead atoms. The van der Waals surface area contributed by atoms with Crippen LogP contribution in [0.25, 0.3) is 5.32 Å². The van der Waals surface area contributed by atoms with E-state index in [1.165, 1.54) is 29.7 Å². The number of carbonyl (C=O) groups is 1. The summed E-state index contributed by atoms with van der Waals surface area (Å²) < 4.78 is 30.2. The summed E-state index contributed by atoms with van der Waals surface area (Å²) in [6.45, 7) is 0.504. The van der Waals surface area contributed by atoms with Crippen molar-refractivity contribution in [2.75, 3.05) is 13.1 Å². The van der Waals surface area contributed by atoms with Gasteiger partial charge >= 0.3 is 18.9 Å². The van der Waals surface area contributed by atoms with Gasteiger partial charge < -0.3 is 10.1 Å². The average molecular weight is 382 g/mol. The van der Waals surface area contributed by atoms with Gasteiger partial charge in [0.05, 0.1) is 4.90 Å². The van der Waals surface area contributed by atoms with Gasteiger partial charge in [0, 0.05) is 0 Å². The predicted octanol–water partition coefficient (Wildman–Crippen LogP) is -0.332. The van der Waals surface area contributed by atoms with Crippen molar-refractivity contribution in [2.24, 2.45) is 0 Å². The molecule has 138 valence electrons. The largest absolute Gasteiger partial charge is 1.00 e. The van der Waals surface area contributed by atoms with Gasteiger partial charge in [-0.2, -0.15) is 0 Å². The molecule has 2 N–H and O–H groups in total. The van der Waals surface area contributed by atoms with E-state index in [1.807, 2.05) is 18.2 Å². The van der Waals surface area contributed by atoms with Gasteiger partial charge in [-0.25, -0.2) is 13.9 Å². The van der Waals surface area contributed by atoms with Gasteiger partial charge in [-0.1, -0.05) is 18.2 Å². The molecular formula is C18H19LiN2O5S. The van der Waals surface area contributed by atoms with Gasteiger partial charge in [-0.15, -0.1) is 13.1 Å². The number of sulfone groups is 1. The van der Waals surface area contributed by atoms with Crippen LogP contribution in [0.5, 0.6) is 11.5 Å². The van der Waals surface area contributed by atoms with Crippen LogP contribution in [-0.2, 0) is 14.6 Å². The summed E-state index contributed by atoms with van der Waals surface area (Å²) in [4.78, 5) is 12.2. The molecular weight excluding hydrogens is 363 g/mol. The van der Waals surface area contributed by atoms with Crippen molar-refractivity contribution in [1.82, 2.24) is 5.48 Å². The number of hydrogen-bond donors (Lipinski definition) is 2. The smallest absolute Gasteiger partial charge is 0.662 e. The maximum Gasteiger partial charge on any atom is 1.00 e. The Balaban J connectivity index is 0.00000261. The molecule has 7 nitrogen and oxygen atoms in total. The summed E-state index contributed by atoms with van der Waals surface area (Å²) >= 11 is 0. The van der Waals surface area contributed by atoms with E-state index in [1.54, 1.807) is 12.1 Å². The standard InChI is InChI=1S/C18H19N2O5S.Li/c21-17(20-22)18(10-12-19-13-11-18)26(23,24)16-8-6-15(7-9-16)25-14-4-2-1-3-5-14;/h1-9,22H,10-13H2,(H,20,21);/q-1;+1. The first-order chi connectivity index (χ1) is 12.5. The van der Waals surface area contributed by atoms with Gasteiger partial charge in [0.1, 0.15) is 11.5 Å². The van der Waals surface area contributed by atoms with E-state index >= 15 is 0 Å². The van der Waals surface area contributed by atoms with Crippen LogP contribution in [0.2, 0.25) is 0 Å². The van der Waals surface area contributed by atoms with Crippen molar-refractivity contribution in [3.05, 3.63) is 59.9 Å². The first-order valence-corrected chi connectivity index (χ1v) is 9.63. The van der Waals surface area contributed by atoms with Crippen LogP contribution >= 0.6 is 0 Å². The molecule has 0 radical (unpaired) electrons. The first kappa shape index (κ1) is 21.5. The Morgan fingerprint density at radius 3 is 2.11 bits per heavy atom. The van der Waals surface area contributed by atoms with E-state index in [0.717, 1.165) is 0 Å². The number of carbonyl (C=O) groups excluding carboxylic acids is 1. The number of benzene rings is 2. The SMILES string of the molecule is O=C(NO)C1(S(=O)(=O)c2ccc(Oc3ccccc3)cc2)CC[N-]CC1.[Li+]. The molecule has 0 spiro atoms. The summed E-state index contributed by atoms with van der Waals surface area (Å²) in [7, 11) is -4.01. The van der Waals surface area contributed by atoms with E-state index in [-0.39, 0.29) is 49.7 Å². The van der Waals surface area contributed by atoms with Gasteiger partial charge in [0.25, 0.3) is 5.91 Å². The molecule has 0 aromatic heterocycles. The Bertz CT molecular complexity index is 866. The number of amides is 1. The van der Waals surface area contributed by atoms with Gasteiger partial charge in [0.15, 0.2) is 14.6 Å². The Labute approximate surface area is 170 Å². The quantitative estimate of drug-likeness (QED) is 0.418. The second kappa shape index (κ2) is 8.91. The Hall–Kier alpha value is -1.82. The number of nitrogens with one attached hydrogen (secondary N) is 1. The Morgan fingerprint density at radius 2 is 1.56 bits per heavy atom. The molecule has 3 rings (SSSR count). The fraction of sp³-hybridized carbons (Fsp3) is 0.278. The number of para-hydroxylation sites is 1. The van der Waals surface area contributed by atoms with Gasteiger partial charge in [-0.05, 0) is 49.2 Å². The number of nitrogens with zero attached hydrogens (tertiary/aromatic N) is 1. The van der Waals surface area contributed by atoms with E-state index < -0.39 is 20.5 Å². The zero-order valence-electron chi connectivity index (χ0n) is 15.0. The number of rotatable bonds is 5. The third-order valence-electron chi connectivity index (χ3n) is 4.49. The minimum absolute atomic E-state index is 0. The fourth-order valence-corrected chi connectivity index (χ4v) is 4.97. The van der Waals surface area contributed by atoms with E-state index in [4.69, 9.17) is 9.94 Å². The van der Waals surface area contributed by atoms with Crippen LogP contribution in [0.3, 0.4) is 0 Å². The van der Waals surface area contributed by atoms with E-state index in [2.05, 4.69) is 5.32 Å². The van der Waals surface area contributed by atoms with Crippen LogP contribution in [0, 0.1) is 0 Å². The number of piperidine rings is 1. The van der Waals surface area contributed by atoms with Crippen LogP contribution in [0.15, 0.2) is 59.5 Å². The molecule has 1 aliphatic heterocycles. The third-order valence-corrected chi connectivity index (χ3v) is 7.01. The third kappa shape index (κ3) is 4.21. The zero-order chi connectivity index (χ0) is 18.6. The molecule has 1 aliphatic rings. The van der Waals surface area contributed by atoms with Crippen molar-refractivity contribution in [3.8, 4) is 11.5 Å². The Kier molecular flexibility index (Phi) is 7.09. The molecule has 2 aromatic rings. The topological polar surface area (TPSA) is 107 Å².